The predicted molar refractivity (Wildman–Crippen MR) is 144 cm³/mol. The van der Waals surface area contributed by atoms with Gasteiger partial charge in [0.15, 0.2) is 17.8 Å². The maximum atomic E-state index is 6.50. The molecule has 2 unspecified atom stereocenters. The zero-order valence-corrected chi connectivity index (χ0v) is 22.0. The molecule has 2 aliphatic rings. The summed E-state index contributed by atoms with van der Waals surface area (Å²) < 4.78 is 24.7. The van der Waals surface area contributed by atoms with E-state index in [1.54, 1.807) is 7.11 Å². The molecule has 0 aliphatic heterocycles. The summed E-state index contributed by atoms with van der Waals surface area (Å²) in [6.45, 7) is 5.28. The maximum absolute atomic E-state index is 6.50. The molecule has 5 nitrogen and oxygen atoms in total. The van der Waals surface area contributed by atoms with E-state index in [-0.39, 0.29) is 23.7 Å². The fourth-order valence-electron chi connectivity index (χ4n) is 5.70. The summed E-state index contributed by atoms with van der Waals surface area (Å²) in [5, 5.41) is 0. The van der Waals surface area contributed by atoms with Crippen LogP contribution in [0.15, 0.2) is 67.0 Å². The van der Waals surface area contributed by atoms with Crippen LogP contribution in [0.25, 0.3) is 0 Å². The molecule has 194 valence electrons. The first-order valence-corrected chi connectivity index (χ1v) is 13.5. The highest BCUT2D eigenvalue weighted by molar-refractivity contribution is 5.48. The Hall–Kier alpha value is -2.63. The van der Waals surface area contributed by atoms with Crippen molar-refractivity contribution in [2.45, 2.75) is 76.6 Å². The van der Waals surface area contributed by atoms with Crippen LogP contribution in [0.3, 0.4) is 0 Å². The molecule has 4 rings (SSSR count). The van der Waals surface area contributed by atoms with E-state index in [0.717, 1.165) is 43.6 Å². The van der Waals surface area contributed by atoms with E-state index in [2.05, 4.69) is 59.6 Å². The van der Waals surface area contributed by atoms with Gasteiger partial charge in [-0.05, 0) is 94.2 Å². The lowest BCUT2D eigenvalue weighted by Gasteiger charge is -2.43. The Kier molecular flexibility index (Phi) is 9.60. The van der Waals surface area contributed by atoms with Crippen molar-refractivity contribution in [3.8, 4) is 11.5 Å². The summed E-state index contributed by atoms with van der Waals surface area (Å²) in [5.41, 5.74) is 2.19. The predicted octanol–water partition coefficient (Wildman–Crippen LogP) is 6.81. The SMILES string of the molecule is CCOC(OCC)C(CCc1ccncc1)C1(c2ccc(OC)c(OC3CCCC3)c2)C=CC=CC1. The highest BCUT2D eigenvalue weighted by Crippen LogP contribution is 2.47. The summed E-state index contributed by atoms with van der Waals surface area (Å²) in [6, 6.07) is 10.6. The molecule has 1 saturated carbocycles. The number of methoxy groups -OCH3 is 1. The van der Waals surface area contributed by atoms with Crippen LogP contribution < -0.4 is 9.47 Å². The van der Waals surface area contributed by atoms with Crippen LogP contribution in [0, 0.1) is 5.92 Å². The summed E-state index contributed by atoms with van der Waals surface area (Å²) in [5.74, 6) is 1.72. The van der Waals surface area contributed by atoms with E-state index in [1.165, 1.54) is 24.0 Å². The first-order valence-electron chi connectivity index (χ1n) is 13.5. The van der Waals surface area contributed by atoms with Gasteiger partial charge in [-0.2, -0.15) is 0 Å². The molecule has 0 radical (unpaired) electrons. The van der Waals surface area contributed by atoms with Gasteiger partial charge in [-0.3, -0.25) is 4.98 Å². The molecular weight excluding hydrogens is 450 g/mol. The summed E-state index contributed by atoms with van der Waals surface area (Å²) in [7, 11) is 1.72. The second-order valence-corrected chi connectivity index (χ2v) is 9.70. The molecule has 2 aliphatic carbocycles. The minimum absolute atomic E-state index is 0.0968. The number of aryl methyl sites for hydroxylation is 1. The minimum atomic E-state index is -0.320. The van der Waals surface area contributed by atoms with E-state index in [9.17, 15) is 0 Å². The van der Waals surface area contributed by atoms with Crippen LogP contribution in [0.2, 0.25) is 0 Å². The van der Waals surface area contributed by atoms with Crippen LogP contribution in [0.5, 0.6) is 11.5 Å². The van der Waals surface area contributed by atoms with Crippen LogP contribution in [-0.4, -0.2) is 37.7 Å². The van der Waals surface area contributed by atoms with Crippen molar-refractivity contribution in [3.05, 3.63) is 78.2 Å². The van der Waals surface area contributed by atoms with Crippen molar-refractivity contribution in [1.82, 2.24) is 4.98 Å². The Balaban J connectivity index is 1.74. The van der Waals surface area contributed by atoms with Crippen molar-refractivity contribution in [2.24, 2.45) is 5.92 Å². The summed E-state index contributed by atoms with van der Waals surface area (Å²) >= 11 is 0. The van der Waals surface area contributed by atoms with Crippen LogP contribution in [0.4, 0.5) is 0 Å². The molecule has 1 heterocycles. The van der Waals surface area contributed by atoms with Gasteiger partial charge in [0.2, 0.25) is 0 Å². The monoisotopic (exact) mass is 491 g/mol. The fourth-order valence-corrected chi connectivity index (χ4v) is 5.70. The Morgan fingerprint density at radius 3 is 2.36 bits per heavy atom. The van der Waals surface area contributed by atoms with Gasteiger partial charge in [-0.15, -0.1) is 0 Å². The standard InChI is InChI=1S/C31H41NO4/c1-4-34-30(35-5-2)27(15-13-24-17-21-32-22-18-24)31(19-9-6-10-20-31)25-14-16-28(33-3)29(23-25)36-26-11-7-8-12-26/h6,9-10,14,16-19,21-23,26-27,30H,4-5,7-8,11-13,15,20H2,1-3H3. The van der Waals surface area contributed by atoms with Gasteiger partial charge in [0, 0.05) is 36.9 Å². The molecule has 36 heavy (non-hydrogen) atoms. The smallest absolute Gasteiger partial charge is 0.161 e. The number of hydrogen-bond acceptors (Lipinski definition) is 5. The van der Waals surface area contributed by atoms with Crippen LogP contribution in [-0.2, 0) is 21.3 Å². The molecule has 5 heteroatoms. The van der Waals surface area contributed by atoms with Crippen LogP contribution in [0.1, 0.15) is 63.5 Å². The first-order chi connectivity index (χ1) is 17.7. The molecule has 0 amide bonds. The molecular formula is C31H41NO4. The molecule has 0 saturated heterocycles. The van der Waals surface area contributed by atoms with Crippen molar-refractivity contribution < 1.29 is 18.9 Å². The number of rotatable bonds is 13. The van der Waals surface area contributed by atoms with Gasteiger partial charge in [0.05, 0.1) is 13.2 Å². The number of nitrogens with zero attached hydrogens (tertiary/aromatic N) is 1. The Morgan fingerprint density at radius 2 is 1.72 bits per heavy atom. The topological polar surface area (TPSA) is 49.8 Å². The zero-order valence-electron chi connectivity index (χ0n) is 22.0. The third-order valence-corrected chi connectivity index (χ3v) is 7.54. The van der Waals surface area contributed by atoms with Gasteiger partial charge in [0.1, 0.15) is 0 Å². The number of pyridine rings is 1. The number of aromatic nitrogens is 1. The third kappa shape index (κ3) is 6.19. The van der Waals surface area contributed by atoms with E-state index < -0.39 is 0 Å². The fraction of sp³-hybridized carbons (Fsp3) is 0.516. The third-order valence-electron chi connectivity index (χ3n) is 7.54. The maximum Gasteiger partial charge on any atom is 0.161 e. The molecule has 2 atom stereocenters. The number of allylic oxidation sites excluding steroid dienone is 4. The molecule has 1 aromatic heterocycles. The number of benzene rings is 1. The quantitative estimate of drug-likeness (QED) is 0.288. The zero-order chi connectivity index (χ0) is 25.2. The largest absolute Gasteiger partial charge is 0.493 e. The highest BCUT2D eigenvalue weighted by Gasteiger charge is 2.43. The molecule has 0 bridgehead atoms. The lowest BCUT2D eigenvalue weighted by Crippen LogP contribution is -2.44. The Bertz CT molecular complexity index is 993. The molecule has 0 N–H and O–H groups in total. The molecule has 0 spiro atoms. The van der Waals surface area contributed by atoms with Crippen molar-refractivity contribution in [1.29, 1.82) is 0 Å². The average Bonchev–Trinajstić information content (AvgIpc) is 3.43. The van der Waals surface area contributed by atoms with Crippen molar-refractivity contribution in [2.75, 3.05) is 20.3 Å². The molecule has 1 aromatic carbocycles. The summed E-state index contributed by atoms with van der Waals surface area (Å²) in [6.07, 6.45) is 19.9. The number of ether oxygens (including phenoxy) is 4. The van der Waals surface area contributed by atoms with Crippen molar-refractivity contribution in [3.63, 3.8) is 0 Å². The van der Waals surface area contributed by atoms with E-state index in [4.69, 9.17) is 18.9 Å². The van der Waals surface area contributed by atoms with Gasteiger partial charge in [-0.25, -0.2) is 0 Å². The van der Waals surface area contributed by atoms with Gasteiger partial charge in [0.25, 0.3) is 0 Å². The van der Waals surface area contributed by atoms with E-state index in [1.807, 2.05) is 26.2 Å². The van der Waals surface area contributed by atoms with Gasteiger partial charge >= 0.3 is 0 Å². The minimum Gasteiger partial charge on any atom is -0.493 e. The van der Waals surface area contributed by atoms with E-state index >= 15 is 0 Å². The Morgan fingerprint density at radius 1 is 0.972 bits per heavy atom. The van der Waals surface area contributed by atoms with Crippen LogP contribution >= 0.6 is 0 Å². The first kappa shape index (κ1) is 26.4. The number of hydrogen-bond donors (Lipinski definition) is 0. The lowest BCUT2D eigenvalue weighted by molar-refractivity contribution is -0.179. The summed E-state index contributed by atoms with van der Waals surface area (Å²) in [4.78, 5) is 4.19. The second-order valence-electron chi connectivity index (χ2n) is 9.70. The Labute approximate surface area is 216 Å². The van der Waals surface area contributed by atoms with Crippen molar-refractivity contribution >= 4 is 0 Å². The average molecular weight is 492 g/mol. The highest BCUT2D eigenvalue weighted by atomic mass is 16.7. The second kappa shape index (κ2) is 13.1. The van der Waals surface area contributed by atoms with Gasteiger partial charge in [-0.1, -0.05) is 30.4 Å². The lowest BCUT2D eigenvalue weighted by atomic mass is 9.64. The molecule has 1 fully saturated rings. The van der Waals surface area contributed by atoms with Gasteiger partial charge < -0.3 is 18.9 Å². The van der Waals surface area contributed by atoms with E-state index in [0.29, 0.717) is 13.2 Å². The normalized spacial score (nSPS) is 20.7. The molecule has 2 aromatic rings.